The fourth-order valence-corrected chi connectivity index (χ4v) is 4.33. The summed E-state index contributed by atoms with van der Waals surface area (Å²) in [5, 5.41) is 9.17. The van der Waals surface area contributed by atoms with Crippen molar-refractivity contribution in [3.05, 3.63) is 42.4 Å². The maximum atomic E-state index is 5.09. The van der Waals surface area contributed by atoms with Crippen LogP contribution in [0.5, 0.6) is 0 Å². The number of piperazine rings is 1. The molecule has 5 rings (SSSR count). The summed E-state index contributed by atoms with van der Waals surface area (Å²) in [5.41, 5.74) is 1.98. The Kier molecular flexibility index (Phi) is 4.49. The number of benzene rings is 1. The van der Waals surface area contributed by atoms with Gasteiger partial charge in [0.05, 0.1) is 17.3 Å². The molecule has 0 radical (unpaired) electrons. The topological polar surface area (TPSA) is 58.9 Å². The van der Waals surface area contributed by atoms with Crippen LogP contribution in [-0.2, 0) is 0 Å². The first-order valence-corrected chi connectivity index (χ1v) is 10.2. The summed E-state index contributed by atoms with van der Waals surface area (Å²) in [6, 6.07) is 10.3. The van der Waals surface area contributed by atoms with Gasteiger partial charge in [0, 0.05) is 32.1 Å². The Hall–Kier alpha value is -2.47. The largest absolute Gasteiger partial charge is 0.353 e. The summed E-state index contributed by atoms with van der Waals surface area (Å²) < 4.78 is 1.97. The molecule has 0 spiro atoms. The van der Waals surface area contributed by atoms with Crippen molar-refractivity contribution >= 4 is 16.9 Å². The van der Waals surface area contributed by atoms with Crippen LogP contribution >= 0.6 is 0 Å². The summed E-state index contributed by atoms with van der Waals surface area (Å²) >= 11 is 0. The van der Waals surface area contributed by atoms with Crippen LogP contribution in [-0.4, -0.2) is 45.9 Å². The molecule has 6 heteroatoms. The molecule has 1 aliphatic heterocycles. The molecule has 1 aromatic carbocycles. The standard InChI is InChI=1S/C21H26N6/c1-3-7-16(8-4-1)19-24-20(26-13-11-22-12-14-26)18-15-23-27(21(18)25-19)17-9-5-2-6-10-17/h2,5-6,9-10,15-16,22H,1,3-4,7-8,11-14H2. The molecular weight excluding hydrogens is 336 g/mol. The van der Waals surface area contributed by atoms with E-state index < -0.39 is 0 Å². The van der Waals surface area contributed by atoms with Gasteiger partial charge in [0.25, 0.3) is 0 Å². The Morgan fingerprint density at radius 3 is 2.48 bits per heavy atom. The average Bonchev–Trinajstić information content (AvgIpc) is 3.19. The highest BCUT2D eigenvalue weighted by Gasteiger charge is 2.24. The zero-order valence-electron chi connectivity index (χ0n) is 15.6. The van der Waals surface area contributed by atoms with Crippen molar-refractivity contribution in [2.24, 2.45) is 0 Å². The predicted molar refractivity (Wildman–Crippen MR) is 108 cm³/mol. The molecule has 1 aliphatic carbocycles. The number of fused-ring (bicyclic) bond motifs is 1. The molecule has 0 atom stereocenters. The second kappa shape index (κ2) is 7.27. The molecule has 1 N–H and O–H groups in total. The van der Waals surface area contributed by atoms with Crippen LogP contribution in [0.15, 0.2) is 36.5 Å². The molecule has 0 amide bonds. The summed E-state index contributed by atoms with van der Waals surface area (Å²) in [5.74, 6) is 2.54. The van der Waals surface area contributed by atoms with Crippen molar-refractivity contribution in [1.29, 1.82) is 0 Å². The van der Waals surface area contributed by atoms with Gasteiger partial charge in [0.2, 0.25) is 0 Å². The van der Waals surface area contributed by atoms with E-state index in [1.807, 2.05) is 29.1 Å². The number of para-hydroxylation sites is 1. The molecule has 2 fully saturated rings. The Morgan fingerprint density at radius 1 is 0.926 bits per heavy atom. The van der Waals surface area contributed by atoms with Crippen LogP contribution in [0.2, 0.25) is 0 Å². The lowest BCUT2D eigenvalue weighted by molar-refractivity contribution is 0.429. The Labute approximate surface area is 159 Å². The van der Waals surface area contributed by atoms with Crippen molar-refractivity contribution in [2.45, 2.75) is 38.0 Å². The van der Waals surface area contributed by atoms with Crippen molar-refractivity contribution in [2.75, 3.05) is 31.1 Å². The van der Waals surface area contributed by atoms with Gasteiger partial charge < -0.3 is 10.2 Å². The van der Waals surface area contributed by atoms with Gasteiger partial charge >= 0.3 is 0 Å². The lowest BCUT2D eigenvalue weighted by atomic mass is 9.88. The first-order valence-electron chi connectivity index (χ1n) is 10.2. The number of rotatable bonds is 3. The number of nitrogens with one attached hydrogen (secondary N) is 1. The fraction of sp³-hybridized carbons (Fsp3) is 0.476. The number of aromatic nitrogens is 4. The number of hydrogen-bond donors (Lipinski definition) is 1. The van der Waals surface area contributed by atoms with Crippen LogP contribution in [0, 0.1) is 0 Å². The molecule has 3 aromatic rings. The minimum absolute atomic E-state index is 0.476. The van der Waals surface area contributed by atoms with E-state index in [-0.39, 0.29) is 0 Å². The molecule has 0 unspecified atom stereocenters. The Morgan fingerprint density at radius 2 is 1.70 bits per heavy atom. The smallest absolute Gasteiger partial charge is 0.168 e. The summed E-state index contributed by atoms with van der Waals surface area (Å²) in [6.07, 6.45) is 8.24. The van der Waals surface area contributed by atoms with Crippen molar-refractivity contribution in [3.8, 4) is 5.69 Å². The van der Waals surface area contributed by atoms with Gasteiger partial charge in [0.1, 0.15) is 11.6 Å². The Balaban J connectivity index is 1.66. The molecule has 27 heavy (non-hydrogen) atoms. The van der Waals surface area contributed by atoms with Gasteiger partial charge in [-0.1, -0.05) is 37.5 Å². The number of anilines is 1. The van der Waals surface area contributed by atoms with E-state index in [1.165, 1.54) is 32.1 Å². The molecule has 2 aliphatic rings. The quantitative estimate of drug-likeness (QED) is 0.775. The van der Waals surface area contributed by atoms with E-state index >= 15 is 0 Å². The summed E-state index contributed by atoms with van der Waals surface area (Å²) in [7, 11) is 0. The number of nitrogens with zero attached hydrogens (tertiary/aromatic N) is 5. The molecule has 1 saturated carbocycles. The van der Waals surface area contributed by atoms with Crippen molar-refractivity contribution in [3.63, 3.8) is 0 Å². The maximum absolute atomic E-state index is 5.09. The molecule has 3 heterocycles. The van der Waals surface area contributed by atoms with E-state index in [9.17, 15) is 0 Å². The lowest BCUT2D eigenvalue weighted by Crippen LogP contribution is -2.44. The third kappa shape index (κ3) is 3.18. The summed E-state index contributed by atoms with van der Waals surface area (Å²) in [4.78, 5) is 12.5. The minimum Gasteiger partial charge on any atom is -0.353 e. The van der Waals surface area contributed by atoms with E-state index in [0.29, 0.717) is 5.92 Å². The van der Waals surface area contributed by atoms with Gasteiger partial charge in [-0.05, 0) is 25.0 Å². The summed E-state index contributed by atoms with van der Waals surface area (Å²) in [6.45, 7) is 3.95. The van der Waals surface area contributed by atoms with E-state index in [2.05, 4.69) is 27.4 Å². The molecule has 1 saturated heterocycles. The van der Waals surface area contributed by atoms with Crippen LogP contribution in [0.3, 0.4) is 0 Å². The van der Waals surface area contributed by atoms with Gasteiger partial charge in [0.15, 0.2) is 5.65 Å². The molecule has 140 valence electrons. The maximum Gasteiger partial charge on any atom is 0.168 e. The average molecular weight is 362 g/mol. The SMILES string of the molecule is c1ccc(-n2ncc3c(N4CCNCC4)nc(C4CCCCC4)nc32)cc1. The molecule has 6 nitrogen and oxygen atoms in total. The van der Waals surface area contributed by atoms with Crippen molar-refractivity contribution < 1.29 is 0 Å². The highest BCUT2D eigenvalue weighted by molar-refractivity contribution is 5.88. The number of hydrogen-bond acceptors (Lipinski definition) is 5. The lowest BCUT2D eigenvalue weighted by Gasteiger charge is -2.30. The first kappa shape index (κ1) is 16.7. The Bertz CT molecular complexity index is 907. The normalized spacial score (nSPS) is 18.9. The van der Waals surface area contributed by atoms with Gasteiger partial charge in [-0.15, -0.1) is 0 Å². The van der Waals surface area contributed by atoms with Crippen LogP contribution in [0.1, 0.15) is 43.8 Å². The van der Waals surface area contributed by atoms with Crippen LogP contribution in [0.25, 0.3) is 16.7 Å². The van der Waals surface area contributed by atoms with Gasteiger partial charge in [-0.3, -0.25) is 0 Å². The van der Waals surface area contributed by atoms with Crippen LogP contribution < -0.4 is 10.2 Å². The third-order valence-corrected chi connectivity index (χ3v) is 5.81. The second-order valence-corrected chi connectivity index (χ2v) is 7.61. The zero-order valence-corrected chi connectivity index (χ0v) is 15.6. The minimum atomic E-state index is 0.476. The molecule has 2 aromatic heterocycles. The third-order valence-electron chi connectivity index (χ3n) is 5.81. The monoisotopic (exact) mass is 362 g/mol. The van der Waals surface area contributed by atoms with E-state index in [0.717, 1.165) is 54.5 Å². The highest BCUT2D eigenvalue weighted by atomic mass is 15.3. The van der Waals surface area contributed by atoms with Gasteiger partial charge in [-0.25, -0.2) is 14.6 Å². The highest BCUT2D eigenvalue weighted by Crippen LogP contribution is 2.34. The zero-order chi connectivity index (χ0) is 18.1. The molecular formula is C21H26N6. The van der Waals surface area contributed by atoms with Gasteiger partial charge in [-0.2, -0.15) is 5.10 Å². The molecule has 0 bridgehead atoms. The van der Waals surface area contributed by atoms with E-state index in [4.69, 9.17) is 9.97 Å². The van der Waals surface area contributed by atoms with E-state index in [1.54, 1.807) is 0 Å². The fourth-order valence-electron chi connectivity index (χ4n) is 4.33. The van der Waals surface area contributed by atoms with Crippen LogP contribution in [0.4, 0.5) is 5.82 Å². The predicted octanol–water partition coefficient (Wildman–Crippen LogP) is 3.27. The first-order chi connectivity index (χ1) is 13.4. The second-order valence-electron chi connectivity index (χ2n) is 7.61. The van der Waals surface area contributed by atoms with Crippen molar-refractivity contribution in [1.82, 2.24) is 25.1 Å².